The first kappa shape index (κ1) is 14.8. The van der Waals surface area contributed by atoms with Crippen molar-refractivity contribution in [2.24, 2.45) is 5.92 Å². The Hall–Kier alpha value is -1.62. The molecule has 1 fully saturated rings. The number of esters is 1. The topological polar surface area (TPSA) is 46.6 Å². The van der Waals surface area contributed by atoms with E-state index >= 15 is 0 Å². The third-order valence-corrected chi connectivity index (χ3v) is 3.81. The lowest BCUT2D eigenvalue weighted by molar-refractivity contribution is -0.146. The summed E-state index contributed by atoms with van der Waals surface area (Å²) in [5.74, 6) is -1.64. The average Bonchev–Trinajstić information content (AvgIpc) is 2.48. The van der Waals surface area contributed by atoms with Crippen LogP contribution in [-0.2, 0) is 9.53 Å². The predicted octanol–water partition coefficient (Wildman–Crippen LogP) is 2.50. The molecule has 0 radical (unpaired) electrons. The number of amides is 1. The van der Waals surface area contributed by atoms with E-state index in [1.54, 1.807) is 0 Å². The number of benzene rings is 1. The van der Waals surface area contributed by atoms with Crippen LogP contribution in [-0.4, -0.2) is 37.0 Å². The van der Waals surface area contributed by atoms with Crippen LogP contribution in [0.15, 0.2) is 18.2 Å². The highest BCUT2D eigenvalue weighted by atomic mass is 35.5. The molecule has 1 amide bonds. The molecule has 0 aromatic heterocycles. The molecule has 0 aliphatic carbocycles. The van der Waals surface area contributed by atoms with E-state index < -0.39 is 5.82 Å². The van der Waals surface area contributed by atoms with Gasteiger partial charge in [0.15, 0.2) is 0 Å². The van der Waals surface area contributed by atoms with Gasteiger partial charge in [-0.05, 0) is 25.0 Å². The largest absolute Gasteiger partial charge is 0.469 e. The maximum atomic E-state index is 13.4. The van der Waals surface area contributed by atoms with Gasteiger partial charge in [-0.15, -0.1) is 0 Å². The lowest BCUT2D eigenvalue weighted by Gasteiger charge is -2.31. The first-order chi connectivity index (χ1) is 9.54. The summed E-state index contributed by atoms with van der Waals surface area (Å²) in [5.41, 5.74) is 0.122. The molecule has 1 aromatic carbocycles. The molecule has 1 saturated heterocycles. The molecule has 1 aliphatic heterocycles. The fraction of sp³-hybridized carbons (Fsp3) is 0.429. The number of nitrogens with zero attached hydrogens (tertiary/aromatic N) is 1. The molecule has 0 saturated carbocycles. The zero-order chi connectivity index (χ0) is 14.7. The van der Waals surface area contributed by atoms with Gasteiger partial charge in [-0.3, -0.25) is 9.59 Å². The molecule has 6 heteroatoms. The third kappa shape index (κ3) is 2.93. The summed E-state index contributed by atoms with van der Waals surface area (Å²) in [6, 6.07) is 4.12. The number of rotatable bonds is 2. The van der Waals surface area contributed by atoms with Crippen LogP contribution < -0.4 is 0 Å². The SMILES string of the molecule is COC(=O)[C@H]1CCCN(C(=O)c2cccc(F)c2Cl)C1. The predicted molar refractivity (Wildman–Crippen MR) is 72.1 cm³/mol. The summed E-state index contributed by atoms with van der Waals surface area (Å²) in [6.45, 7) is 0.803. The number of ether oxygens (including phenoxy) is 1. The Morgan fingerprint density at radius 3 is 2.90 bits per heavy atom. The minimum Gasteiger partial charge on any atom is -0.469 e. The minimum atomic E-state index is -0.626. The third-order valence-electron chi connectivity index (χ3n) is 3.43. The quantitative estimate of drug-likeness (QED) is 0.788. The van der Waals surface area contributed by atoms with Gasteiger partial charge in [0.1, 0.15) is 5.82 Å². The highest BCUT2D eigenvalue weighted by Gasteiger charge is 2.30. The van der Waals surface area contributed by atoms with Crippen molar-refractivity contribution >= 4 is 23.5 Å². The van der Waals surface area contributed by atoms with E-state index in [-0.39, 0.29) is 34.9 Å². The number of carbonyl (C=O) groups excluding carboxylic acids is 2. The van der Waals surface area contributed by atoms with Gasteiger partial charge in [0, 0.05) is 13.1 Å². The number of halogens is 2. The number of carbonyl (C=O) groups is 2. The first-order valence-electron chi connectivity index (χ1n) is 6.35. The number of piperidine rings is 1. The Labute approximate surface area is 121 Å². The van der Waals surface area contributed by atoms with E-state index in [1.165, 1.54) is 30.2 Å². The molecule has 1 aromatic rings. The van der Waals surface area contributed by atoms with Gasteiger partial charge in [0.05, 0.1) is 23.6 Å². The van der Waals surface area contributed by atoms with Gasteiger partial charge in [-0.2, -0.15) is 0 Å². The van der Waals surface area contributed by atoms with Gasteiger partial charge in [0.2, 0.25) is 0 Å². The summed E-state index contributed by atoms with van der Waals surface area (Å²) in [5, 5.41) is -0.183. The number of hydrogen-bond acceptors (Lipinski definition) is 3. The second kappa shape index (κ2) is 6.22. The van der Waals surface area contributed by atoms with Crippen LogP contribution in [0.1, 0.15) is 23.2 Å². The first-order valence-corrected chi connectivity index (χ1v) is 6.73. The van der Waals surface area contributed by atoms with Crippen molar-refractivity contribution in [3.8, 4) is 0 Å². The molecule has 0 N–H and O–H groups in total. The number of methoxy groups -OCH3 is 1. The summed E-state index contributed by atoms with van der Waals surface area (Å²) in [6.07, 6.45) is 1.39. The Morgan fingerprint density at radius 1 is 1.45 bits per heavy atom. The van der Waals surface area contributed by atoms with E-state index in [2.05, 4.69) is 0 Å². The van der Waals surface area contributed by atoms with E-state index in [9.17, 15) is 14.0 Å². The van der Waals surface area contributed by atoms with Gasteiger partial charge >= 0.3 is 5.97 Å². The van der Waals surface area contributed by atoms with Crippen LogP contribution in [0.25, 0.3) is 0 Å². The van der Waals surface area contributed by atoms with E-state index in [0.717, 1.165) is 0 Å². The van der Waals surface area contributed by atoms with Gasteiger partial charge in [0.25, 0.3) is 5.91 Å². The second-order valence-electron chi connectivity index (χ2n) is 4.71. The fourth-order valence-corrected chi connectivity index (χ4v) is 2.57. The molecule has 0 spiro atoms. The Kier molecular flexibility index (Phi) is 4.60. The van der Waals surface area contributed by atoms with Crippen LogP contribution in [0.4, 0.5) is 4.39 Å². The molecule has 0 unspecified atom stereocenters. The number of likely N-dealkylation sites (tertiary alicyclic amines) is 1. The van der Waals surface area contributed by atoms with Crippen LogP contribution in [0.5, 0.6) is 0 Å². The smallest absolute Gasteiger partial charge is 0.310 e. The molecule has 0 bridgehead atoms. The lowest BCUT2D eigenvalue weighted by atomic mass is 9.97. The molecule has 1 atom stereocenters. The van der Waals surface area contributed by atoms with Crippen LogP contribution >= 0.6 is 11.6 Å². The molecular weight excluding hydrogens is 285 g/mol. The molecule has 108 valence electrons. The highest BCUT2D eigenvalue weighted by Crippen LogP contribution is 2.24. The standard InChI is InChI=1S/C14H15ClFNO3/c1-20-14(19)9-4-3-7-17(8-9)13(18)10-5-2-6-11(16)12(10)15/h2,5-6,9H,3-4,7-8H2,1H3/t9-/m0/s1. The molecule has 2 rings (SSSR count). The maximum absolute atomic E-state index is 13.4. The summed E-state index contributed by atoms with van der Waals surface area (Å²) < 4.78 is 18.1. The van der Waals surface area contributed by atoms with Crippen molar-refractivity contribution in [2.75, 3.05) is 20.2 Å². The van der Waals surface area contributed by atoms with Crippen LogP contribution in [0.2, 0.25) is 5.02 Å². The summed E-state index contributed by atoms with van der Waals surface area (Å²) in [7, 11) is 1.33. The highest BCUT2D eigenvalue weighted by molar-refractivity contribution is 6.34. The van der Waals surface area contributed by atoms with Crippen molar-refractivity contribution < 1.29 is 18.7 Å². The van der Waals surface area contributed by atoms with Crippen molar-refractivity contribution in [1.82, 2.24) is 4.90 Å². The molecule has 4 nitrogen and oxygen atoms in total. The molecule has 20 heavy (non-hydrogen) atoms. The summed E-state index contributed by atoms with van der Waals surface area (Å²) >= 11 is 5.82. The lowest BCUT2D eigenvalue weighted by Crippen LogP contribution is -2.42. The van der Waals surface area contributed by atoms with Gasteiger partial charge in [-0.25, -0.2) is 4.39 Å². The maximum Gasteiger partial charge on any atom is 0.310 e. The Morgan fingerprint density at radius 2 is 2.20 bits per heavy atom. The van der Waals surface area contributed by atoms with Crippen molar-refractivity contribution in [1.29, 1.82) is 0 Å². The second-order valence-corrected chi connectivity index (χ2v) is 5.09. The zero-order valence-electron chi connectivity index (χ0n) is 11.1. The Bertz CT molecular complexity index is 535. The van der Waals surface area contributed by atoms with Crippen molar-refractivity contribution in [3.63, 3.8) is 0 Å². The molecular formula is C14H15ClFNO3. The van der Waals surface area contributed by atoms with Crippen LogP contribution in [0.3, 0.4) is 0 Å². The summed E-state index contributed by atoms with van der Waals surface area (Å²) in [4.78, 5) is 25.4. The van der Waals surface area contributed by atoms with E-state index in [1.807, 2.05) is 0 Å². The van der Waals surface area contributed by atoms with Crippen molar-refractivity contribution in [2.45, 2.75) is 12.8 Å². The number of hydrogen-bond donors (Lipinski definition) is 0. The van der Waals surface area contributed by atoms with Gasteiger partial charge < -0.3 is 9.64 Å². The molecule has 1 heterocycles. The normalized spacial score (nSPS) is 18.8. The zero-order valence-corrected chi connectivity index (χ0v) is 11.8. The van der Waals surface area contributed by atoms with Crippen LogP contribution in [0, 0.1) is 11.7 Å². The Balaban J connectivity index is 2.16. The van der Waals surface area contributed by atoms with E-state index in [0.29, 0.717) is 19.4 Å². The van der Waals surface area contributed by atoms with Gasteiger partial charge in [-0.1, -0.05) is 17.7 Å². The fourth-order valence-electron chi connectivity index (χ4n) is 2.36. The van der Waals surface area contributed by atoms with E-state index in [4.69, 9.17) is 16.3 Å². The van der Waals surface area contributed by atoms with Crippen molar-refractivity contribution in [3.05, 3.63) is 34.6 Å². The molecule has 1 aliphatic rings. The average molecular weight is 300 g/mol. The minimum absolute atomic E-state index is 0.122. The monoisotopic (exact) mass is 299 g/mol.